The van der Waals surface area contributed by atoms with Crippen molar-refractivity contribution in [1.29, 1.82) is 0 Å². The molecule has 2 rings (SSSR count). The molecule has 22 heavy (non-hydrogen) atoms. The highest BCUT2D eigenvalue weighted by molar-refractivity contribution is 7.17. The Morgan fingerprint density at radius 3 is 2.55 bits per heavy atom. The number of hydrogen-bond acceptors (Lipinski definition) is 5. The summed E-state index contributed by atoms with van der Waals surface area (Å²) in [5, 5.41) is 3.33. The molecule has 116 valence electrons. The Bertz CT molecular complexity index is 677. The van der Waals surface area contributed by atoms with E-state index >= 15 is 0 Å². The third-order valence-corrected chi connectivity index (χ3v) is 4.44. The number of carbonyl (C=O) groups is 2. The lowest BCUT2D eigenvalue weighted by Gasteiger charge is -2.01. The number of thiazole rings is 1. The van der Waals surface area contributed by atoms with Crippen molar-refractivity contribution < 1.29 is 14.3 Å². The van der Waals surface area contributed by atoms with Gasteiger partial charge in [-0.2, -0.15) is 0 Å². The van der Waals surface area contributed by atoms with E-state index in [9.17, 15) is 9.59 Å². The van der Waals surface area contributed by atoms with Gasteiger partial charge in [-0.3, -0.25) is 9.59 Å². The summed E-state index contributed by atoms with van der Waals surface area (Å²) in [6.07, 6.45) is 0.984. The first kappa shape index (κ1) is 16.2. The summed E-state index contributed by atoms with van der Waals surface area (Å²) >= 11 is 1.32. The number of hydrogen-bond donors (Lipinski definition) is 1. The zero-order valence-electron chi connectivity index (χ0n) is 12.8. The molecule has 0 aliphatic heterocycles. The molecule has 1 aromatic carbocycles. The Balaban J connectivity index is 2.16. The van der Waals surface area contributed by atoms with Gasteiger partial charge in [0.2, 0.25) is 0 Å². The van der Waals surface area contributed by atoms with Crippen LogP contribution in [-0.4, -0.2) is 30.5 Å². The van der Waals surface area contributed by atoms with Crippen LogP contribution in [0.5, 0.6) is 0 Å². The topological polar surface area (TPSA) is 68.3 Å². The van der Waals surface area contributed by atoms with Crippen LogP contribution in [0.3, 0.4) is 0 Å². The quantitative estimate of drug-likeness (QED) is 0.860. The maximum atomic E-state index is 12.1. The summed E-state index contributed by atoms with van der Waals surface area (Å²) in [6.45, 7) is 3.74. The van der Waals surface area contributed by atoms with Gasteiger partial charge in [-0.25, -0.2) is 4.98 Å². The van der Waals surface area contributed by atoms with Gasteiger partial charge in [-0.1, -0.05) is 31.2 Å². The highest BCUT2D eigenvalue weighted by Gasteiger charge is 2.17. The van der Waals surface area contributed by atoms with Crippen LogP contribution in [-0.2, 0) is 16.0 Å². The molecule has 0 bridgehead atoms. The molecule has 0 aliphatic carbocycles. The minimum atomic E-state index is -0.481. The number of nitrogens with one attached hydrogen (secondary N) is 1. The number of rotatable bonds is 5. The van der Waals surface area contributed by atoms with Gasteiger partial charge in [-0.05, 0) is 18.9 Å². The average Bonchev–Trinajstić information content (AvgIpc) is 2.94. The fourth-order valence-electron chi connectivity index (χ4n) is 1.92. The van der Waals surface area contributed by atoms with E-state index in [1.807, 2.05) is 12.1 Å². The number of aryl methyl sites for hydroxylation is 2. The largest absolute Gasteiger partial charge is 0.468 e. The van der Waals surface area contributed by atoms with Crippen LogP contribution in [0.25, 0.3) is 10.6 Å². The summed E-state index contributed by atoms with van der Waals surface area (Å²) in [5.74, 6) is -0.789. The van der Waals surface area contributed by atoms with Crippen molar-refractivity contribution in [3.05, 3.63) is 40.4 Å². The molecule has 2 aromatic rings. The molecule has 1 N–H and O–H groups in total. The number of amides is 1. The number of aromatic nitrogens is 1. The van der Waals surface area contributed by atoms with Crippen LogP contribution in [0.1, 0.15) is 27.9 Å². The molecule has 0 saturated heterocycles. The molecule has 0 radical (unpaired) electrons. The third kappa shape index (κ3) is 3.71. The molecule has 0 aliphatic rings. The lowest BCUT2D eigenvalue weighted by Crippen LogP contribution is -2.29. The van der Waals surface area contributed by atoms with Crippen LogP contribution in [0.2, 0.25) is 0 Å². The Labute approximate surface area is 133 Å². The highest BCUT2D eigenvalue weighted by atomic mass is 32.1. The second-order valence-corrected chi connectivity index (χ2v) is 5.74. The van der Waals surface area contributed by atoms with Gasteiger partial charge in [0.25, 0.3) is 5.91 Å². The van der Waals surface area contributed by atoms with Crippen LogP contribution in [0.4, 0.5) is 0 Å². The maximum absolute atomic E-state index is 12.1. The summed E-state index contributed by atoms with van der Waals surface area (Å²) in [7, 11) is 1.28. The number of esters is 1. The second-order valence-electron chi connectivity index (χ2n) is 4.74. The van der Waals surface area contributed by atoms with E-state index in [0.717, 1.165) is 17.0 Å². The molecule has 0 unspecified atom stereocenters. The summed E-state index contributed by atoms with van der Waals surface area (Å²) in [6, 6.07) is 8.13. The molecule has 1 amide bonds. The molecular formula is C16H18N2O3S. The predicted octanol–water partition coefficient (Wildman–Crippen LogP) is 2.58. The predicted molar refractivity (Wildman–Crippen MR) is 86.0 cm³/mol. The fourth-order valence-corrected chi connectivity index (χ4v) is 2.91. The summed E-state index contributed by atoms with van der Waals surface area (Å²) in [5.41, 5.74) is 2.90. The molecular weight excluding hydrogens is 300 g/mol. The van der Waals surface area contributed by atoms with Crippen molar-refractivity contribution >= 4 is 23.2 Å². The lowest BCUT2D eigenvalue weighted by atomic mass is 10.1. The number of carbonyl (C=O) groups excluding carboxylic acids is 2. The first-order valence-corrected chi connectivity index (χ1v) is 7.78. The van der Waals surface area contributed by atoms with Crippen molar-refractivity contribution in [1.82, 2.24) is 10.3 Å². The Morgan fingerprint density at radius 2 is 1.95 bits per heavy atom. The van der Waals surface area contributed by atoms with Gasteiger partial charge in [0, 0.05) is 5.56 Å². The smallest absolute Gasteiger partial charge is 0.325 e. The number of nitrogens with zero attached hydrogens (tertiary/aromatic N) is 1. The second kappa shape index (κ2) is 7.17. The molecule has 6 heteroatoms. The molecule has 1 heterocycles. The zero-order chi connectivity index (χ0) is 16.1. The van der Waals surface area contributed by atoms with Crippen LogP contribution < -0.4 is 5.32 Å². The zero-order valence-corrected chi connectivity index (χ0v) is 13.6. The average molecular weight is 318 g/mol. The van der Waals surface area contributed by atoms with E-state index in [0.29, 0.717) is 10.6 Å². The van der Waals surface area contributed by atoms with Crippen molar-refractivity contribution in [2.45, 2.75) is 20.3 Å². The van der Waals surface area contributed by atoms with Gasteiger partial charge in [0.05, 0.1) is 12.8 Å². The Morgan fingerprint density at radius 1 is 1.27 bits per heavy atom. The van der Waals surface area contributed by atoms with Gasteiger partial charge >= 0.3 is 5.97 Å². The maximum Gasteiger partial charge on any atom is 0.325 e. The molecule has 5 nitrogen and oxygen atoms in total. The molecule has 0 fully saturated rings. The third-order valence-electron chi connectivity index (χ3n) is 3.23. The van der Waals surface area contributed by atoms with E-state index in [4.69, 9.17) is 0 Å². The Kier molecular flexibility index (Phi) is 5.27. The minimum Gasteiger partial charge on any atom is -0.468 e. The fraction of sp³-hybridized carbons (Fsp3) is 0.312. The van der Waals surface area contributed by atoms with E-state index in [1.54, 1.807) is 6.92 Å². The number of ether oxygens (including phenoxy) is 1. The van der Waals surface area contributed by atoms with Crippen LogP contribution in [0.15, 0.2) is 24.3 Å². The van der Waals surface area contributed by atoms with Crippen molar-refractivity contribution in [2.24, 2.45) is 0 Å². The minimum absolute atomic E-state index is 0.146. The summed E-state index contributed by atoms with van der Waals surface area (Å²) in [4.78, 5) is 28.1. The lowest BCUT2D eigenvalue weighted by molar-refractivity contribution is -0.139. The van der Waals surface area contributed by atoms with E-state index in [2.05, 4.69) is 34.1 Å². The molecule has 0 saturated carbocycles. The standard InChI is InChI=1S/C16H18N2O3S/c1-4-11-5-7-12(8-6-11)16-18-10(2)14(22-16)15(20)17-9-13(19)21-3/h5-8H,4,9H2,1-3H3,(H,17,20). The van der Waals surface area contributed by atoms with Crippen LogP contribution in [0, 0.1) is 6.92 Å². The monoisotopic (exact) mass is 318 g/mol. The number of methoxy groups -OCH3 is 1. The van der Waals surface area contributed by atoms with Gasteiger partial charge in [0.1, 0.15) is 16.4 Å². The van der Waals surface area contributed by atoms with E-state index < -0.39 is 5.97 Å². The molecule has 0 atom stereocenters. The normalized spacial score (nSPS) is 10.3. The molecule has 1 aromatic heterocycles. The van der Waals surface area contributed by atoms with Crippen LogP contribution >= 0.6 is 11.3 Å². The van der Waals surface area contributed by atoms with E-state index in [1.165, 1.54) is 24.0 Å². The van der Waals surface area contributed by atoms with Gasteiger partial charge in [-0.15, -0.1) is 11.3 Å². The van der Waals surface area contributed by atoms with Crippen molar-refractivity contribution in [3.8, 4) is 10.6 Å². The van der Waals surface area contributed by atoms with E-state index in [-0.39, 0.29) is 12.5 Å². The first-order valence-electron chi connectivity index (χ1n) is 6.97. The first-order chi connectivity index (χ1) is 10.5. The highest BCUT2D eigenvalue weighted by Crippen LogP contribution is 2.28. The van der Waals surface area contributed by atoms with Crippen molar-refractivity contribution in [2.75, 3.05) is 13.7 Å². The Hall–Kier alpha value is -2.21. The molecule has 0 spiro atoms. The summed E-state index contributed by atoms with van der Waals surface area (Å²) < 4.78 is 4.50. The van der Waals surface area contributed by atoms with Crippen molar-refractivity contribution in [3.63, 3.8) is 0 Å². The SMILES string of the molecule is CCc1ccc(-c2nc(C)c(C(=O)NCC(=O)OC)s2)cc1. The van der Waals surface area contributed by atoms with Gasteiger partial charge in [0.15, 0.2) is 0 Å². The number of benzene rings is 1. The van der Waals surface area contributed by atoms with Gasteiger partial charge < -0.3 is 10.1 Å².